The van der Waals surface area contributed by atoms with E-state index in [4.69, 9.17) is 5.11 Å². The first-order valence-electron chi connectivity index (χ1n) is 5.09. The third-order valence-corrected chi connectivity index (χ3v) is 2.79. The summed E-state index contributed by atoms with van der Waals surface area (Å²) in [5.41, 5.74) is 0. The molecule has 0 aliphatic carbocycles. The Balaban J connectivity index is 2.33. The van der Waals surface area contributed by atoms with E-state index in [0.29, 0.717) is 11.7 Å². The van der Waals surface area contributed by atoms with E-state index in [1.54, 1.807) is 30.4 Å². The van der Waals surface area contributed by atoms with Gasteiger partial charge in [-0.1, -0.05) is 6.92 Å². The molecule has 1 aromatic rings. The Morgan fingerprint density at radius 1 is 1.65 bits per heavy atom. The summed E-state index contributed by atoms with van der Waals surface area (Å²) in [5.74, 6) is -1.55. The maximum Gasteiger partial charge on any atom is 0.307 e. The summed E-state index contributed by atoms with van der Waals surface area (Å²) in [6, 6.07) is 0. The predicted molar refractivity (Wildman–Crippen MR) is 65.0 cm³/mol. The lowest BCUT2D eigenvalue weighted by atomic mass is 10.2. The van der Waals surface area contributed by atoms with Gasteiger partial charge in [0.1, 0.15) is 0 Å². The maximum absolute atomic E-state index is 11.5. The van der Waals surface area contributed by atoms with Crippen LogP contribution in [0.1, 0.15) is 6.92 Å². The monoisotopic (exact) mass is 257 g/mol. The summed E-state index contributed by atoms with van der Waals surface area (Å²) in [5, 5.41) is 13.7. The topological polar surface area (TPSA) is 82.5 Å². The van der Waals surface area contributed by atoms with Crippen LogP contribution >= 0.6 is 11.3 Å². The number of amides is 1. The van der Waals surface area contributed by atoms with Crippen molar-refractivity contribution < 1.29 is 14.7 Å². The lowest BCUT2D eigenvalue weighted by Gasteiger charge is -2.17. The number of carboxylic acids is 1. The number of anilines is 1. The highest BCUT2D eigenvalue weighted by atomic mass is 32.1. The van der Waals surface area contributed by atoms with Gasteiger partial charge in [-0.3, -0.25) is 14.5 Å². The van der Waals surface area contributed by atoms with E-state index >= 15 is 0 Å². The molecule has 0 spiro atoms. The van der Waals surface area contributed by atoms with Crippen molar-refractivity contribution in [3.8, 4) is 0 Å². The minimum atomic E-state index is -0.864. The summed E-state index contributed by atoms with van der Waals surface area (Å²) >= 11 is 1.34. The summed E-state index contributed by atoms with van der Waals surface area (Å²) in [6.07, 6.45) is 1.61. The number of likely N-dealkylation sites (N-methyl/N-ethyl adjacent to an activating group) is 1. The van der Waals surface area contributed by atoms with Crippen molar-refractivity contribution in [2.24, 2.45) is 5.92 Å². The van der Waals surface area contributed by atoms with Crippen molar-refractivity contribution in [1.29, 1.82) is 0 Å². The standard InChI is InChI=1S/C10H15N3O3S/c1-7(9(15)16)5-13(2)6-8(14)12-10-11-3-4-17-10/h3-4,7H,5-6H2,1-2H3,(H,15,16)(H,11,12,14). The normalized spacial score (nSPS) is 12.4. The molecule has 6 nitrogen and oxygen atoms in total. The molecule has 0 aliphatic rings. The Bertz CT molecular complexity index is 380. The number of aliphatic carboxylic acids is 1. The zero-order valence-corrected chi connectivity index (χ0v) is 10.5. The number of rotatable bonds is 6. The van der Waals surface area contributed by atoms with Crippen LogP contribution in [0.4, 0.5) is 5.13 Å². The van der Waals surface area contributed by atoms with Crippen molar-refractivity contribution >= 4 is 28.3 Å². The molecular formula is C10H15N3O3S. The molecule has 94 valence electrons. The SMILES string of the molecule is CC(CN(C)CC(=O)Nc1nccs1)C(=O)O. The number of aromatic nitrogens is 1. The van der Waals surface area contributed by atoms with E-state index in [1.807, 2.05) is 0 Å². The molecule has 7 heteroatoms. The second-order valence-corrected chi connectivity index (χ2v) is 4.72. The lowest BCUT2D eigenvalue weighted by Crippen LogP contribution is -2.35. The lowest BCUT2D eigenvalue weighted by molar-refractivity contribution is -0.141. The van der Waals surface area contributed by atoms with Gasteiger partial charge in [0.25, 0.3) is 0 Å². The fourth-order valence-electron chi connectivity index (χ4n) is 1.30. The van der Waals surface area contributed by atoms with Gasteiger partial charge in [0, 0.05) is 18.1 Å². The average molecular weight is 257 g/mol. The number of carbonyl (C=O) groups is 2. The molecule has 0 aromatic carbocycles. The Hall–Kier alpha value is -1.47. The second kappa shape index (κ2) is 6.31. The summed E-state index contributed by atoms with van der Waals surface area (Å²) in [6.45, 7) is 2.09. The average Bonchev–Trinajstić information content (AvgIpc) is 2.69. The molecule has 2 N–H and O–H groups in total. The number of nitrogens with zero attached hydrogens (tertiary/aromatic N) is 2. The van der Waals surface area contributed by atoms with Crippen LogP contribution in [-0.2, 0) is 9.59 Å². The number of thiazole rings is 1. The molecule has 1 aromatic heterocycles. The van der Waals surface area contributed by atoms with Crippen LogP contribution in [0.15, 0.2) is 11.6 Å². The first-order valence-corrected chi connectivity index (χ1v) is 5.97. The third kappa shape index (κ3) is 4.92. The van der Waals surface area contributed by atoms with E-state index in [2.05, 4.69) is 10.3 Å². The van der Waals surface area contributed by atoms with E-state index in [-0.39, 0.29) is 12.5 Å². The molecule has 0 aliphatic heterocycles. The van der Waals surface area contributed by atoms with Crippen LogP contribution in [0.25, 0.3) is 0 Å². The second-order valence-electron chi connectivity index (χ2n) is 3.82. The molecule has 1 atom stereocenters. The Morgan fingerprint density at radius 2 is 2.35 bits per heavy atom. The molecule has 1 unspecified atom stereocenters. The molecule has 1 rings (SSSR count). The van der Waals surface area contributed by atoms with Gasteiger partial charge in [0.2, 0.25) is 5.91 Å². The molecule has 0 radical (unpaired) electrons. The zero-order chi connectivity index (χ0) is 12.8. The highest BCUT2D eigenvalue weighted by Gasteiger charge is 2.15. The van der Waals surface area contributed by atoms with Crippen molar-refractivity contribution in [2.75, 3.05) is 25.5 Å². The van der Waals surface area contributed by atoms with Gasteiger partial charge in [-0.05, 0) is 7.05 Å². The van der Waals surface area contributed by atoms with E-state index < -0.39 is 11.9 Å². The minimum Gasteiger partial charge on any atom is -0.481 e. The number of carboxylic acid groups (broad SMARTS) is 1. The molecule has 1 heterocycles. The number of hydrogen-bond donors (Lipinski definition) is 2. The van der Waals surface area contributed by atoms with Crippen LogP contribution in [0, 0.1) is 5.92 Å². The largest absolute Gasteiger partial charge is 0.481 e. The van der Waals surface area contributed by atoms with Crippen molar-refractivity contribution in [3.05, 3.63) is 11.6 Å². The fourth-order valence-corrected chi connectivity index (χ4v) is 1.84. The molecular weight excluding hydrogens is 242 g/mol. The van der Waals surface area contributed by atoms with Gasteiger partial charge in [-0.25, -0.2) is 4.98 Å². The summed E-state index contributed by atoms with van der Waals surface area (Å²) in [7, 11) is 1.71. The number of carbonyl (C=O) groups excluding carboxylic acids is 1. The maximum atomic E-state index is 11.5. The van der Waals surface area contributed by atoms with E-state index in [0.717, 1.165) is 0 Å². The van der Waals surface area contributed by atoms with Gasteiger partial charge < -0.3 is 10.4 Å². The Labute approximate surface area is 103 Å². The van der Waals surface area contributed by atoms with Gasteiger partial charge >= 0.3 is 5.97 Å². The summed E-state index contributed by atoms with van der Waals surface area (Å²) < 4.78 is 0. The minimum absolute atomic E-state index is 0.150. The van der Waals surface area contributed by atoms with Crippen LogP contribution < -0.4 is 5.32 Å². The van der Waals surface area contributed by atoms with Crippen LogP contribution in [0.3, 0.4) is 0 Å². The number of nitrogens with one attached hydrogen (secondary N) is 1. The van der Waals surface area contributed by atoms with E-state index in [1.165, 1.54) is 11.3 Å². The van der Waals surface area contributed by atoms with Crippen LogP contribution in [0.5, 0.6) is 0 Å². The Kier molecular flexibility index (Phi) is 5.05. The predicted octanol–water partition coefficient (Wildman–Crippen LogP) is 0.734. The molecule has 1 amide bonds. The zero-order valence-electron chi connectivity index (χ0n) is 9.71. The highest BCUT2D eigenvalue weighted by Crippen LogP contribution is 2.09. The Morgan fingerprint density at radius 3 is 2.88 bits per heavy atom. The molecule has 0 bridgehead atoms. The molecule has 17 heavy (non-hydrogen) atoms. The smallest absolute Gasteiger partial charge is 0.307 e. The highest BCUT2D eigenvalue weighted by molar-refractivity contribution is 7.13. The van der Waals surface area contributed by atoms with Crippen LogP contribution in [0.2, 0.25) is 0 Å². The van der Waals surface area contributed by atoms with Gasteiger partial charge in [0.15, 0.2) is 5.13 Å². The first kappa shape index (κ1) is 13.6. The fraction of sp³-hybridized carbons (Fsp3) is 0.500. The molecule has 0 saturated heterocycles. The number of hydrogen-bond acceptors (Lipinski definition) is 5. The third-order valence-electron chi connectivity index (χ3n) is 2.10. The van der Waals surface area contributed by atoms with Crippen molar-refractivity contribution in [1.82, 2.24) is 9.88 Å². The first-order chi connectivity index (χ1) is 7.99. The van der Waals surface area contributed by atoms with Gasteiger partial charge in [-0.15, -0.1) is 11.3 Å². The van der Waals surface area contributed by atoms with Crippen LogP contribution in [-0.4, -0.2) is 47.0 Å². The van der Waals surface area contributed by atoms with E-state index in [9.17, 15) is 9.59 Å². The van der Waals surface area contributed by atoms with Crippen molar-refractivity contribution in [3.63, 3.8) is 0 Å². The quantitative estimate of drug-likeness (QED) is 0.785. The van der Waals surface area contributed by atoms with Gasteiger partial charge in [0.05, 0.1) is 12.5 Å². The molecule has 0 fully saturated rings. The van der Waals surface area contributed by atoms with Crippen molar-refractivity contribution in [2.45, 2.75) is 6.92 Å². The summed E-state index contributed by atoms with van der Waals surface area (Å²) in [4.78, 5) is 27.8. The molecule has 0 saturated carbocycles. The van der Waals surface area contributed by atoms with Gasteiger partial charge in [-0.2, -0.15) is 0 Å².